The van der Waals surface area contributed by atoms with E-state index in [0.29, 0.717) is 6.54 Å². The van der Waals surface area contributed by atoms with Gasteiger partial charge in [-0.3, -0.25) is 5.32 Å². The molecule has 0 spiro atoms. The van der Waals surface area contributed by atoms with Crippen molar-refractivity contribution in [3.8, 4) is 5.75 Å². The fraction of sp³-hybridized carbons (Fsp3) is 0.278. The number of hydrogen-bond acceptors (Lipinski definition) is 2. The van der Waals surface area contributed by atoms with Crippen molar-refractivity contribution < 1.29 is 9.67 Å². The molecule has 0 atom stereocenters. The lowest BCUT2D eigenvalue weighted by molar-refractivity contribution is -0.657. The second kappa shape index (κ2) is 6.52. The Morgan fingerprint density at radius 3 is 2.68 bits per heavy atom. The number of para-hydroxylation sites is 3. The predicted molar refractivity (Wildman–Crippen MR) is 86.6 cm³/mol. The highest BCUT2D eigenvalue weighted by Crippen LogP contribution is 2.16. The van der Waals surface area contributed by atoms with Crippen molar-refractivity contribution in [1.29, 1.82) is 0 Å². The van der Waals surface area contributed by atoms with Gasteiger partial charge in [-0.25, -0.2) is 9.55 Å². The van der Waals surface area contributed by atoms with Crippen molar-refractivity contribution >= 4 is 17.0 Å². The highest BCUT2D eigenvalue weighted by atomic mass is 16.3. The van der Waals surface area contributed by atoms with Crippen LogP contribution < -0.4 is 15.0 Å². The zero-order valence-electron chi connectivity index (χ0n) is 12.8. The topological polar surface area (TPSA) is 54.8 Å². The number of benzene rings is 2. The molecule has 1 aromatic heterocycles. The van der Waals surface area contributed by atoms with E-state index in [1.54, 1.807) is 12.1 Å². The van der Waals surface area contributed by atoms with Crippen LogP contribution in [0.2, 0.25) is 0 Å². The Balaban J connectivity index is 1.87. The number of anilines is 1. The Hall–Kier alpha value is -2.49. The highest BCUT2D eigenvalue weighted by molar-refractivity contribution is 5.72. The third kappa shape index (κ3) is 2.91. The molecule has 0 aliphatic rings. The quantitative estimate of drug-likeness (QED) is 0.687. The molecule has 0 amide bonds. The minimum atomic E-state index is 0.0752. The Morgan fingerprint density at radius 2 is 1.86 bits per heavy atom. The van der Waals surface area contributed by atoms with E-state index < -0.39 is 0 Å². The lowest BCUT2D eigenvalue weighted by Crippen LogP contribution is -2.36. The Bertz CT molecular complexity index is 764. The summed E-state index contributed by atoms with van der Waals surface area (Å²) in [7, 11) is 0. The number of H-pyrrole nitrogens is 1. The van der Waals surface area contributed by atoms with Crippen LogP contribution in [0, 0.1) is 0 Å². The molecule has 0 saturated heterocycles. The number of rotatable bonds is 6. The van der Waals surface area contributed by atoms with E-state index in [1.807, 2.05) is 18.2 Å². The first kappa shape index (κ1) is 14.4. The van der Waals surface area contributed by atoms with Gasteiger partial charge in [0.25, 0.3) is 0 Å². The Morgan fingerprint density at radius 1 is 1.09 bits per heavy atom. The first-order valence-electron chi connectivity index (χ1n) is 7.79. The van der Waals surface area contributed by atoms with Crippen LogP contribution in [0.5, 0.6) is 5.75 Å². The van der Waals surface area contributed by atoms with E-state index in [1.165, 1.54) is 5.52 Å². The molecule has 4 heteroatoms. The SMILES string of the molecule is CCCC[n+]1c(NCc2ccccc2[O-])[nH]c2ccccc21. The van der Waals surface area contributed by atoms with Crippen LogP contribution in [0.15, 0.2) is 48.5 Å². The number of unbranched alkanes of at least 4 members (excludes halogenated alkanes) is 1. The molecule has 0 bridgehead atoms. The van der Waals surface area contributed by atoms with Crippen LogP contribution in [0.1, 0.15) is 25.3 Å². The van der Waals surface area contributed by atoms with Gasteiger partial charge in [0.15, 0.2) is 0 Å². The van der Waals surface area contributed by atoms with E-state index >= 15 is 0 Å². The van der Waals surface area contributed by atoms with Gasteiger partial charge in [0.2, 0.25) is 0 Å². The van der Waals surface area contributed by atoms with Gasteiger partial charge in [0.1, 0.15) is 11.0 Å². The van der Waals surface area contributed by atoms with E-state index in [4.69, 9.17) is 0 Å². The van der Waals surface area contributed by atoms with Crippen molar-refractivity contribution in [2.24, 2.45) is 0 Å². The summed E-state index contributed by atoms with van der Waals surface area (Å²) in [4.78, 5) is 3.41. The maximum absolute atomic E-state index is 11.8. The number of nitrogens with one attached hydrogen (secondary N) is 2. The van der Waals surface area contributed by atoms with Gasteiger partial charge < -0.3 is 5.11 Å². The monoisotopic (exact) mass is 295 g/mol. The summed E-state index contributed by atoms with van der Waals surface area (Å²) in [5.74, 6) is 1.03. The summed E-state index contributed by atoms with van der Waals surface area (Å²) < 4.78 is 2.26. The molecule has 0 saturated carbocycles. The summed E-state index contributed by atoms with van der Waals surface area (Å²) in [6.45, 7) is 3.68. The van der Waals surface area contributed by atoms with Crippen LogP contribution in [-0.4, -0.2) is 4.98 Å². The second-order valence-electron chi connectivity index (χ2n) is 5.46. The van der Waals surface area contributed by atoms with Crippen LogP contribution in [0.3, 0.4) is 0 Å². The molecule has 0 fully saturated rings. The molecule has 3 aromatic rings. The summed E-state index contributed by atoms with van der Waals surface area (Å²) in [5.41, 5.74) is 3.08. The predicted octanol–water partition coefficient (Wildman–Crippen LogP) is 2.94. The molecule has 2 N–H and O–H groups in total. The molecule has 4 nitrogen and oxygen atoms in total. The minimum absolute atomic E-state index is 0.0752. The van der Waals surface area contributed by atoms with Crippen LogP contribution in [0.4, 0.5) is 5.95 Å². The summed E-state index contributed by atoms with van der Waals surface area (Å²) >= 11 is 0. The zero-order chi connectivity index (χ0) is 15.4. The van der Waals surface area contributed by atoms with E-state index in [2.05, 4.69) is 40.0 Å². The molecule has 0 radical (unpaired) electrons. The first-order chi connectivity index (χ1) is 10.8. The van der Waals surface area contributed by atoms with Gasteiger partial charge >= 0.3 is 5.95 Å². The smallest absolute Gasteiger partial charge is 0.356 e. The number of aromatic amines is 1. The molecule has 0 unspecified atom stereocenters. The fourth-order valence-electron chi connectivity index (χ4n) is 2.65. The number of aryl methyl sites for hydroxylation is 1. The van der Waals surface area contributed by atoms with Gasteiger partial charge in [0, 0.05) is 0 Å². The second-order valence-corrected chi connectivity index (χ2v) is 5.46. The summed E-state index contributed by atoms with van der Waals surface area (Å²) in [5, 5.41) is 15.2. The van der Waals surface area contributed by atoms with Gasteiger partial charge in [-0.2, -0.15) is 0 Å². The average Bonchev–Trinajstić information content (AvgIpc) is 2.90. The molecule has 1 heterocycles. The number of hydrogen-bond donors (Lipinski definition) is 2. The molecule has 0 aliphatic carbocycles. The van der Waals surface area contributed by atoms with Gasteiger partial charge in [-0.05, 0) is 24.1 Å². The normalized spacial score (nSPS) is 11.0. The standard InChI is InChI=1S/C18H21N3O/c1-2-3-12-21-16-10-6-5-9-15(16)20-18(21)19-13-14-8-4-7-11-17(14)22/h4-11H,2-3,12-13H2,1H3,(H2,19,20,22). The van der Waals surface area contributed by atoms with Crippen molar-refractivity contribution in [1.82, 2.24) is 4.98 Å². The van der Waals surface area contributed by atoms with Crippen molar-refractivity contribution in [2.75, 3.05) is 5.32 Å². The van der Waals surface area contributed by atoms with E-state index in [-0.39, 0.29) is 5.75 Å². The molecule has 114 valence electrons. The number of imidazole rings is 1. The van der Waals surface area contributed by atoms with Crippen molar-refractivity contribution in [3.63, 3.8) is 0 Å². The molecular formula is C18H21N3O. The lowest BCUT2D eigenvalue weighted by atomic mass is 10.2. The molecule has 22 heavy (non-hydrogen) atoms. The fourth-order valence-corrected chi connectivity index (χ4v) is 2.65. The minimum Gasteiger partial charge on any atom is -0.872 e. The number of aromatic nitrogens is 2. The van der Waals surface area contributed by atoms with Gasteiger partial charge in [0.05, 0.1) is 13.1 Å². The maximum Gasteiger partial charge on any atom is 0.356 e. The van der Waals surface area contributed by atoms with Crippen LogP contribution >= 0.6 is 0 Å². The molecule has 0 aliphatic heterocycles. The van der Waals surface area contributed by atoms with Gasteiger partial charge in [-0.1, -0.05) is 49.7 Å². The van der Waals surface area contributed by atoms with Crippen molar-refractivity contribution in [2.45, 2.75) is 32.9 Å². The molecule has 2 aromatic carbocycles. The number of nitrogens with zero attached hydrogens (tertiary/aromatic N) is 1. The maximum atomic E-state index is 11.8. The molecular weight excluding hydrogens is 274 g/mol. The molecule has 3 rings (SSSR count). The lowest BCUT2D eigenvalue weighted by Gasteiger charge is -2.11. The Kier molecular flexibility index (Phi) is 4.28. The summed E-state index contributed by atoms with van der Waals surface area (Å²) in [6.07, 6.45) is 2.27. The average molecular weight is 295 g/mol. The van der Waals surface area contributed by atoms with Crippen LogP contribution in [0.25, 0.3) is 11.0 Å². The van der Waals surface area contributed by atoms with Crippen molar-refractivity contribution in [3.05, 3.63) is 54.1 Å². The van der Waals surface area contributed by atoms with Crippen LogP contribution in [-0.2, 0) is 13.1 Å². The highest BCUT2D eigenvalue weighted by Gasteiger charge is 2.16. The van der Waals surface area contributed by atoms with E-state index in [0.717, 1.165) is 36.4 Å². The van der Waals surface area contributed by atoms with Gasteiger partial charge in [-0.15, -0.1) is 5.75 Å². The largest absolute Gasteiger partial charge is 0.872 e. The third-order valence-electron chi connectivity index (χ3n) is 3.87. The third-order valence-corrected chi connectivity index (χ3v) is 3.87. The number of fused-ring (bicyclic) bond motifs is 1. The van der Waals surface area contributed by atoms with E-state index in [9.17, 15) is 5.11 Å². The first-order valence-corrected chi connectivity index (χ1v) is 7.79. The zero-order valence-corrected chi connectivity index (χ0v) is 12.8. The summed E-state index contributed by atoms with van der Waals surface area (Å²) in [6, 6.07) is 15.4. The Labute approximate surface area is 130 Å².